The van der Waals surface area contributed by atoms with Gasteiger partial charge < -0.3 is 10.4 Å². The van der Waals surface area contributed by atoms with Crippen molar-refractivity contribution in [1.82, 2.24) is 0 Å². The maximum Gasteiger partial charge on any atom is 0.139 e. The lowest BCUT2D eigenvalue weighted by molar-refractivity contribution is 0.415. The van der Waals surface area contributed by atoms with E-state index in [0.717, 1.165) is 22.7 Å². The monoisotopic (exact) mass is 331 g/mol. The van der Waals surface area contributed by atoms with Gasteiger partial charge in [0.1, 0.15) is 5.75 Å². The van der Waals surface area contributed by atoms with Gasteiger partial charge in [0.05, 0.1) is 11.7 Å². The first-order valence-corrected chi connectivity index (χ1v) is 8.11. The number of rotatable bonds is 1. The molecule has 2 aromatic carbocycles. The number of aromatic hydroxyl groups is 1. The third-order valence-corrected chi connectivity index (χ3v) is 5.26. The van der Waals surface area contributed by atoms with Crippen LogP contribution in [-0.4, -0.2) is 5.11 Å². The molecule has 0 aromatic heterocycles. The largest absolute Gasteiger partial charge is 0.506 e. The summed E-state index contributed by atoms with van der Waals surface area (Å²) in [5.74, 6) is 0.876. The van der Waals surface area contributed by atoms with E-state index in [-0.39, 0.29) is 17.7 Å². The fourth-order valence-electron chi connectivity index (χ4n) is 3.65. The van der Waals surface area contributed by atoms with Crippen LogP contribution in [0.25, 0.3) is 0 Å². The highest BCUT2D eigenvalue weighted by atomic mass is 35.5. The average Bonchev–Trinajstić information content (AvgIpc) is 3.00. The first kappa shape index (κ1) is 14.0. The number of allylic oxidation sites excluding steroid dienone is 2. The van der Waals surface area contributed by atoms with Gasteiger partial charge in [0.25, 0.3) is 0 Å². The molecule has 0 unspecified atom stereocenters. The van der Waals surface area contributed by atoms with E-state index in [4.69, 9.17) is 23.2 Å². The maximum atomic E-state index is 10.2. The minimum absolute atomic E-state index is 0.133. The highest BCUT2D eigenvalue weighted by Gasteiger charge is 2.40. The molecule has 4 rings (SSSR count). The van der Waals surface area contributed by atoms with Gasteiger partial charge in [-0.1, -0.05) is 47.5 Å². The molecule has 0 radical (unpaired) electrons. The number of phenols is 1. The Balaban J connectivity index is 1.84. The molecule has 2 N–H and O–H groups in total. The molecule has 2 aromatic rings. The minimum Gasteiger partial charge on any atom is -0.506 e. The second-order valence-electron chi connectivity index (χ2n) is 5.88. The van der Waals surface area contributed by atoms with Crippen LogP contribution in [0.3, 0.4) is 0 Å². The van der Waals surface area contributed by atoms with Crippen molar-refractivity contribution in [1.29, 1.82) is 0 Å². The molecule has 3 atom stereocenters. The van der Waals surface area contributed by atoms with Gasteiger partial charge in [-0.15, -0.1) is 0 Å². The lowest BCUT2D eigenvalue weighted by Gasteiger charge is -2.38. The number of halogens is 2. The number of phenolic OH excluding ortho intramolecular Hbond substituents is 1. The molecule has 0 saturated heterocycles. The molecule has 0 spiro atoms. The Morgan fingerprint density at radius 1 is 1.05 bits per heavy atom. The second kappa shape index (κ2) is 5.22. The summed E-state index contributed by atoms with van der Waals surface area (Å²) >= 11 is 12.4. The molecule has 22 heavy (non-hydrogen) atoms. The zero-order chi connectivity index (χ0) is 15.3. The number of nitrogens with one attached hydrogen (secondary N) is 1. The molecular formula is C18H15Cl2NO. The third kappa shape index (κ3) is 2.10. The molecular weight excluding hydrogens is 317 g/mol. The van der Waals surface area contributed by atoms with Gasteiger partial charge in [-0.2, -0.15) is 0 Å². The third-order valence-electron chi connectivity index (χ3n) is 4.67. The normalized spacial score (nSPS) is 25.5. The molecule has 112 valence electrons. The smallest absolute Gasteiger partial charge is 0.139 e. The van der Waals surface area contributed by atoms with Gasteiger partial charge in [0.2, 0.25) is 0 Å². The van der Waals surface area contributed by atoms with Gasteiger partial charge in [-0.05, 0) is 42.2 Å². The SMILES string of the molecule is Oc1ccc(Cl)c2c1N[C@@H](c1ccc(Cl)cc1)[C@@H]1CC=C[C@H]21. The predicted octanol–water partition coefficient (Wildman–Crippen LogP) is 5.53. The van der Waals surface area contributed by atoms with E-state index in [2.05, 4.69) is 17.5 Å². The topological polar surface area (TPSA) is 32.3 Å². The molecule has 4 heteroatoms. The number of anilines is 1. The van der Waals surface area contributed by atoms with E-state index in [0.29, 0.717) is 10.9 Å². The summed E-state index contributed by atoms with van der Waals surface area (Å²) in [5.41, 5.74) is 2.93. The van der Waals surface area contributed by atoms with Gasteiger partial charge >= 0.3 is 0 Å². The van der Waals surface area contributed by atoms with Crippen LogP contribution >= 0.6 is 23.2 Å². The molecule has 0 amide bonds. The molecule has 0 bridgehead atoms. The Kier molecular flexibility index (Phi) is 3.32. The fourth-order valence-corrected chi connectivity index (χ4v) is 4.06. The lowest BCUT2D eigenvalue weighted by atomic mass is 9.77. The number of hydrogen-bond donors (Lipinski definition) is 2. The van der Waals surface area contributed by atoms with Gasteiger partial charge in [0.15, 0.2) is 0 Å². The van der Waals surface area contributed by atoms with Crippen LogP contribution in [0.2, 0.25) is 10.0 Å². The van der Waals surface area contributed by atoms with Crippen molar-refractivity contribution >= 4 is 28.9 Å². The van der Waals surface area contributed by atoms with Gasteiger partial charge in [-0.25, -0.2) is 0 Å². The average molecular weight is 332 g/mol. The first-order valence-electron chi connectivity index (χ1n) is 7.35. The van der Waals surface area contributed by atoms with Crippen LogP contribution in [0.1, 0.15) is 29.5 Å². The molecule has 2 nitrogen and oxygen atoms in total. The van der Waals surface area contributed by atoms with Crippen LogP contribution in [0.5, 0.6) is 5.75 Å². The van der Waals surface area contributed by atoms with E-state index in [1.807, 2.05) is 24.3 Å². The molecule has 1 aliphatic carbocycles. The molecule has 1 aliphatic heterocycles. The highest BCUT2D eigenvalue weighted by Crippen LogP contribution is 2.54. The van der Waals surface area contributed by atoms with Crippen molar-refractivity contribution in [3.05, 3.63) is 69.7 Å². The van der Waals surface area contributed by atoms with E-state index in [1.54, 1.807) is 12.1 Å². The van der Waals surface area contributed by atoms with E-state index >= 15 is 0 Å². The lowest BCUT2D eigenvalue weighted by Crippen LogP contribution is -2.29. The molecule has 0 saturated carbocycles. The summed E-state index contributed by atoms with van der Waals surface area (Å²) in [6.45, 7) is 0. The van der Waals surface area contributed by atoms with Crippen molar-refractivity contribution in [2.75, 3.05) is 5.32 Å². The summed E-state index contributed by atoms with van der Waals surface area (Å²) in [6, 6.07) is 11.4. The first-order chi connectivity index (χ1) is 10.6. The Hall–Kier alpha value is -1.64. The van der Waals surface area contributed by atoms with E-state index in [9.17, 15) is 5.11 Å². The Labute approximate surface area is 139 Å². The maximum absolute atomic E-state index is 10.2. The zero-order valence-electron chi connectivity index (χ0n) is 11.8. The van der Waals surface area contributed by atoms with Crippen molar-refractivity contribution in [3.63, 3.8) is 0 Å². The standard InChI is InChI=1S/C18H15Cl2NO/c19-11-6-4-10(5-7-11)17-13-3-1-2-12(13)16-14(20)8-9-15(22)18(16)21-17/h1-2,4-9,12-13,17,21-22H,3H2/t12-,13+,17-/m0/s1. The number of fused-ring (bicyclic) bond motifs is 3. The Bertz CT molecular complexity index is 754. The Morgan fingerprint density at radius 2 is 1.82 bits per heavy atom. The van der Waals surface area contributed by atoms with E-state index in [1.165, 1.54) is 5.56 Å². The van der Waals surface area contributed by atoms with Crippen LogP contribution in [-0.2, 0) is 0 Å². The summed E-state index contributed by atoms with van der Waals surface area (Å²) in [7, 11) is 0. The summed E-state index contributed by atoms with van der Waals surface area (Å²) in [4.78, 5) is 0. The predicted molar refractivity (Wildman–Crippen MR) is 90.9 cm³/mol. The van der Waals surface area contributed by atoms with Crippen LogP contribution in [0, 0.1) is 5.92 Å². The number of hydrogen-bond acceptors (Lipinski definition) is 2. The number of benzene rings is 2. The molecule has 1 heterocycles. The fraction of sp³-hybridized carbons (Fsp3) is 0.222. The highest BCUT2D eigenvalue weighted by molar-refractivity contribution is 6.32. The summed E-state index contributed by atoms with van der Waals surface area (Å²) in [6.07, 6.45) is 5.41. The quantitative estimate of drug-likeness (QED) is 0.532. The van der Waals surface area contributed by atoms with Crippen molar-refractivity contribution in [3.8, 4) is 5.75 Å². The summed E-state index contributed by atoms with van der Waals surface area (Å²) in [5, 5.41) is 15.2. The van der Waals surface area contributed by atoms with E-state index < -0.39 is 0 Å². The van der Waals surface area contributed by atoms with Crippen LogP contribution < -0.4 is 5.32 Å². The minimum atomic E-state index is 0.133. The van der Waals surface area contributed by atoms with Crippen molar-refractivity contribution in [2.45, 2.75) is 18.4 Å². The Morgan fingerprint density at radius 3 is 2.59 bits per heavy atom. The summed E-state index contributed by atoms with van der Waals surface area (Å²) < 4.78 is 0. The molecule has 0 fully saturated rings. The van der Waals surface area contributed by atoms with Gasteiger partial charge in [-0.3, -0.25) is 0 Å². The van der Waals surface area contributed by atoms with Crippen molar-refractivity contribution in [2.24, 2.45) is 5.92 Å². The van der Waals surface area contributed by atoms with Crippen molar-refractivity contribution < 1.29 is 5.11 Å². The zero-order valence-corrected chi connectivity index (χ0v) is 13.3. The van der Waals surface area contributed by atoms with Crippen LogP contribution in [0.4, 0.5) is 5.69 Å². The van der Waals surface area contributed by atoms with Gasteiger partial charge in [0, 0.05) is 21.5 Å². The molecule has 2 aliphatic rings. The second-order valence-corrected chi connectivity index (χ2v) is 6.73. The van der Waals surface area contributed by atoms with Crippen LogP contribution in [0.15, 0.2) is 48.6 Å².